The molecule has 1 N–H and O–H groups in total. The van der Waals surface area contributed by atoms with Gasteiger partial charge in [0.2, 0.25) is 5.88 Å². The molecule has 7 heteroatoms. The molecule has 2 heterocycles. The number of aromatic carboxylic acids is 1. The number of carboxylic acids is 1. The highest BCUT2D eigenvalue weighted by molar-refractivity contribution is 7.17. The lowest BCUT2D eigenvalue weighted by Gasteiger charge is -2.01. The summed E-state index contributed by atoms with van der Waals surface area (Å²) in [5.41, 5.74) is 2.02. The number of hydrogen-bond donors (Lipinski definition) is 1. The molecule has 0 unspecified atom stereocenters. The first-order valence-electron chi connectivity index (χ1n) is 5.24. The molecule has 0 atom stereocenters. The van der Waals surface area contributed by atoms with Crippen molar-refractivity contribution in [2.45, 2.75) is 13.8 Å². The van der Waals surface area contributed by atoms with Crippen LogP contribution in [0.1, 0.15) is 21.1 Å². The molecule has 0 saturated carbocycles. The van der Waals surface area contributed by atoms with Gasteiger partial charge >= 0.3 is 5.97 Å². The van der Waals surface area contributed by atoms with Crippen molar-refractivity contribution in [2.75, 3.05) is 7.11 Å². The third kappa shape index (κ3) is 1.86. The monoisotopic (exact) mass is 267 g/mol. The third-order valence-corrected chi connectivity index (χ3v) is 3.73. The Kier molecular flexibility index (Phi) is 3.08. The van der Waals surface area contributed by atoms with Crippen molar-refractivity contribution in [1.29, 1.82) is 0 Å². The third-order valence-electron chi connectivity index (χ3n) is 2.57. The minimum absolute atomic E-state index is 0.246. The van der Waals surface area contributed by atoms with Gasteiger partial charge in [0.15, 0.2) is 0 Å². The molecule has 2 rings (SSSR count). The van der Waals surface area contributed by atoms with Crippen molar-refractivity contribution in [1.82, 2.24) is 14.8 Å². The molecule has 0 aliphatic heterocycles. The number of ether oxygens (including phenoxy) is 1. The summed E-state index contributed by atoms with van der Waals surface area (Å²) < 4.78 is 6.89. The van der Waals surface area contributed by atoms with Gasteiger partial charge in [0.05, 0.1) is 24.1 Å². The molecule has 6 nitrogen and oxygen atoms in total. The van der Waals surface area contributed by atoms with E-state index in [1.807, 2.05) is 6.92 Å². The molecule has 0 aliphatic rings. The van der Waals surface area contributed by atoms with E-state index in [9.17, 15) is 4.79 Å². The molecule has 0 fully saturated rings. The molecule has 0 aliphatic carbocycles. The average Bonchev–Trinajstić information content (AvgIpc) is 2.78. The molecule has 96 valence electrons. The van der Waals surface area contributed by atoms with Crippen LogP contribution in [0.15, 0.2) is 0 Å². The summed E-state index contributed by atoms with van der Waals surface area (Å²) in [4.78, 5) is 15.6. The van der Waals surface area contributed by atoms with Gasteiger partial charge in [-0.15, -0.1) is 11.3 Å². The first-order chi connectivity index (χ1) is 8.45. The molecular weight excluding hydrogens is 254 g/mol. The highest BCUT2D eigenvalue weighted by Gasteiger charge is 2.22. The number of carboxylic acid groups (broad SMARTS) is 1. The van der Waals surface area contributed by atoms with Gasteiger partial charge in [0.25, 0.3) is 0 Å². The Morgan fingerprint density at radius 3 is 2.56 bits per heavy atom. The van der Waals surface area contributed by atoms with E-state index in [0.29, 0.717) is 16.6 Å². The summed E-state index contributed by atoms with van der Waals surface area (Å²) >= 11 is 1.13. The topological polar surface area (TPSA) is 77.2 Å². The zero-order valence-corrected chi connectivity index (χ0v) is 11.3. The average molecular weight is 267 g/mol. The Labute approximate surface area is 108 Å². The lowest BCUT2D eigenvalue weighted by atomic mass is 10.2. The van der Waals surface area contributed by atoms with Crippen LogP contribution < -0.4 is 4.74 Å². The fourth-order valence-corrected chi connectivity index (χ4v) is 2.81. The summed E-state index contributed by atoms with van der Waals surface area (Å²) in [6.07, 6.45) is 0. The van der Waals surface area contributed by atoms with E-state index in [1.54, 1.807) is 25.8 Å². The predicted octanol–water partition coefficient (Wildman–Crippen LogP) is 1.87. The first kappa shape index (κ1) is 12.6. The Bertz CT molecular complexity index is 615. The van der Waals surface area contributed by atoms with Gasteiger partial charge in [-0.05, 0) is 13.8 Å². The summed E-state index contributed by atoms with van der Waals surface area (Å²) in [6, 6.07) is 0. The van der Waals surface area contributed by atoms with Crippen LogP contribution in [0.2, 0.25) is 0 Å². The quantitative estimate of drug-likeness (QED) is 0.918. The van der Waals surface area contributed by atoms with Crippen LogP contribution in [-0.2, 0) is 7.05 Å². The lowest BCUT2D eigenvalue weighted by Crippen LogP contribution is -1.95. The van der Waals surface area contributed by atoms with E-state index in [-0.39, 0.29) is 4.88 Å². The highest BCUT2D eigenvalue weighted by atomic mass is 32.1. The van der Waals surface area contributed by atoms with Gasteiger partial charge in [0.1, 0.15) is 9.88 Å². The molecule has 0 amide bonds. The van der Waals surface area contributed by atoms with Crippen LogP contribution in [0.4, 0.5) is 0 Å². The van der Waals surface area contributed by atoms with Gasteiger partial charge in [-0.2, -0.15) is 5.10 Å². The summed E-state index contributed by atoms with van der Waals surface area (Å²) in [5, 5.41) is 13.9. The molecular formula is C11H13N3O3S. The van der Waals surface area contributed by atoms with Gasteiger partial charge in [-0.3, -0.25) is 0 Å². The Hall–Kier alpha value is -1.89. The van der Waals surface area contributed by atoms with Crippen molar-refractivity contribution in [3.8, 4) is 16.5 Å². The van der Waals surface area contributed by atoms with E-state index in [0.717, 1.165) is 22.6 Å². The molecule has 2 aromatic heterocycles. The zero-order chi connectivity index (χ0) is 13.4. The van der Waals surface area contributed by atoms with Gasteiger partial charge in [-0.25, -0.2) is 14.5 Å². The zero-order valence-electron chi connectivity index (χ0n) is 10.5. The second-order valence-electron chi connectivity index (χ2n) is 3.83. The van der Waals surface area contributed by atoms with E-state index in [4.69, 9.17) is 9.84 Å². The maximum absolute atomic E-state index is 11.0. The largest absolute Gasteiger partial charge is 0.481 e. The molecule has 0 aromatic carbocycles. The molecule has 0 saturated heterocycles. The Morgan fingerprint density at radius 2 is 2.06 bits per heavy atom. The molecule has 18 heavy (non-hydrogen) atoms. The number of nitrogens with zero attached hydrogens (tertiary/aromatic N) is 3. The number of hydrogen-bond acceptors (Lipinski definition) is 5. The summed E-state index contributed by atoms with van der Waals surface area (Å²) in [6.45, 7) is 3.52. The number of carbonyl (C=O) groups is 1. The minimum Gasteiger partial charge on any atom is -0.481 e. The number of thiazole rings is 1. The normalized spacial score (nSPS) is 10.7. The summed E-state index contributed by atoms with van der Waals surface area (Å²) in [5.74, 6) is -0.380. The van der Waals surface area contributed by atoms with E-state index >= 15 is 0 Å². The molecule has 0 spiro atoms. The number of aromatic nitrogens is 3. The van der Waals surface area contributed by atoms with Gasteiger partial charge in [-0.1, -0.05) is 0 Å². The second kappa shape index (κ2) is 4.41. The standard InChI is InChI=1S/C11H13N3O3S/c1-5-7(10(17-4)14(3)13-5)9-12-6(2)8(18-9)11(15)16/h1-4H3,(H,15,16). The highest BCUT2D eigenvalue weighted by Crippen LogP contribution is 2.36. The molecule has 0 radical (unpaired) electrons. The Balaban J connectivity index is 2.62. The van der Waals surface area contributed by atoms with Crippen molar-refractivity contribution in [3.05, 3.63) is 16.3 Å². The molecule has 0 bridgehead atoms. The van der Waals surface area contributed by atoms with Crippen LogP contribution in [0.25, 0.3) is 10.6 Å². The van der Waals surface area contributed by atoms with Crippen molar-refractivity contribution in [2.24, 2.45) is 7.05 Å². The van der Waals surface area contributed by atoms with Crippen molar-refractivity contribution in [3.63, 3.8) is 0 Å². The molecule has 2 aromatic rings. The van der Waals surface area contributed by atoms with Crippen LogP contribution >= 0.6 is 11.3 Å². The number of aryl methyl sites for hydroxylation is 3. The van der Waals surface area contributed by atoms with E-state index < -0.39 is 5.97 Å². The van der Waals surface area contributed by atoms with Crippen LogP contribution in [0.5, 0.6) is 5.88 Å². The van der Waals surface area contributed by atoms with Crippen LogP contribution in [0, 0.1) is 13.8 Å². The van der Waals surface area contributed by atoms with Crippen LogP contribution in [-0.4, -0.2) is 33.0 Å². The summed E-state index contributed by atoms with van der Waals surface area (Å²) in [7, 11) is 3.33. The fraction of sp³-hybridized carbons (Fsp3) is 0.364. The van der Waals surface area contributed by atoms with Crippen molar-refractivity contribution >= 4 is 17.3 Å². The second-order valence-corrected chi connectivity index (χ2v) is 4.83. The predicted molar refractivity (Wildman–Crippen MR) is 67.3 cm³/mol. The maximum Gasteiger partial charge on any atom is 0.347 e. The maximum atomic E-state index is 11.0. The number of rotatable bonds is 3. The first-order valence-corrected chi connectivity index (χ1v) is 6.06. The Morgan fingerprint density at radius 1 is 1.39 bits per heavy atom. The van der Waals surface area contributed by atoms with E-state index in [2.05, 4.69) is 10.1 Å². The minimum atomic E-state index is -0.961. The smallest absolute Gasteiger partial charge is 0.347 e. The van der Waals surface area contributed by atoms with Gasteiger partial charge in [0, 0.05) is 7.05 Å². The van der Waals surface area contributed by atoms with Gasteiger partial charge < -0.3 is 9.84 Å². The van der Waals surface area contributed by atoms with Crippen molar-refractivity contribution < 1.29 is 14.6 Å². The van der Waals surface area contributed by atoms with E-state index in [1.165, 1.54) is 0 Å². The lowest BCUT2D eigenvalue weighted by molar-refractivity contribution is 0.0701. The number of methoxy groups -OCH3 is 1. The fourth-order valence-electron chi connectivity index (χ4n) is 1.82. The SMILES string of the molecule is COc1c(-c2nc(C)c(C(=O)O)s2)c(C)nn1C. The van der Waals surface area contributed by atoms with Crippen LogP contribution in [0.3, 0.4) is 0 Å².